The Balaban J connectivity index is 1.57. The van der Waals surface area contributed by atoms with Gasteiger partial charge in [-0.15, -0.1) is 0 Å². The third-order valence-electron chi connectivity index (χ3n) is 4.03. The largest absolute Gasteiger partial charge is 0.493 e. The van der Waals surface area contributed by atoms with Crippen LogP contribution in [0, 0.1) is 0 Å². The molecule has 0 fully saturated rings. The van der Waals surface area contributed by atoms with Gasteiger partial charge in [0, 0.05) is 17.1 Å². The zero-order valence-corrected chi connectivity index (χ0v) is 17.0. The number of ether oxygens (including phenoxy) is 1. The molecule has 6 heteroatoms. The molecule has 0 radical (unpaired) electrons. The van der Waals surface area contributed by atoms with Crippen LogP contribution in [0.25, 0.3) is 0 Å². The molecule has 3 rings (SSSR count). The van der Waals surface area contributed by atoms with Crippen molar-refractivity contribution >= 4 is 40.3 Å². The molecule has 29 heavy (non-hydrogen) atoms. The van der Waals surface area contributed by atoms with E-state index < -0.39 is 0 Å². The zero-order chi connectivity index (χ0) is 20.5. The molecule has 0 spiro atoms. The average molecular weight is 406 g/mol. The lowest BCUT2D eigenvalue weighted by molar-refractivity contribution is 0.0973. The van der Waals surface area contributed by atoms with Gasteiger partial charge in [-0.1, -0.05) is 37.3 Å². The van der Waals surface area contributed by atoms with Gasteiger partial charge in [0.1, 0.15) is 5.75 Å². The first-order valence-electron chi connectivity index (χ1n) is 9.42. The molecule has 1 amide bonds. The minimum Gasteiger partial charge on any atom is -0.493 e. The van der Waals surface area contributed by atoms with Crippen LogP contribution in [0.2, 0.25) is 0 Å². The van der Waals surface area contributed by atoms with Crippen molar-refractivity contribution in [1.82, 2.24) is 5.32 Å². The van der Waals surface area contributed by atoms with E-state index in [1.54, 1.807) is 18.2 Å². The van der Waals surface area contributed by atoms with E-state index in [1.807, 2.05) is 67.6 Å². The van der Waals surface area contributed by atoms with E-state index in [-0.39, 0.29) is 11.0 Å². The second-order valence-corrected chi connectivity index (χ2v) is 6.73. The maximum absolute atomic E-state index is 12.6. The third-order valence-corrected chi connectivity index (χ3v) is 4.23. The van der Waals surface area contributed by atoms with Crippen LogP contribution in [-0.4, -0.2) is 17.6 Å². The van der Waals surface area contributed by atoms with Gasteiger partial charge in [0.2, 0.25) is 0 Å². The third kappa shape index (κ3) is 6.05. The Morgan fingerprint density at radius 2 is 1.48 bits per heavy atom. The smallest absolute Gasteiger partial charge is 0.261 e. The van der Waals surface area contributed by atoms with E-state index in [9.17, 15) is 4.79 Å². The van der Waals surface area contributed by atoms with Crippen molar-refractivity contribution in [1.29, 1.82) is 0 Å². The second-order valence-electron chi connectivity index (χ2n) is 6.32. The standard InChI is InChI=1S/C23H23N3O2S/c1-2-16-28-21-11-7-6-10-20(21)22(27)26-23(29)25-19-14-12-18(13-15-19)24-17-8-4-3-5-9-17/h3-15,24H,2,16H2,1H3,(H2,25,26,27,29). The highest BCUT2D eigenvalue weighted by Crippen LogP contribution is 2.20. The van der Waals surface area contributed by atoms with Crippen LogP contribution in [-0.2, 0) is 0 Å². The van der Waals surface area contributed by atoms with Crippen molar-refractivity contribution < 1.29 is 9.53 Å². The predicted octanol–water partition coefficient (Wildman–Crippen LogP) is 5.35. The molecule has 0 aliphatic heterocycles. The lowest BCUT2D eigenvalue weighted by Gasteiger charge is -2.13. The SMILES string of the molecule is CCCOc1ccccc1C(=O)NC(=S)Nc1ccc(Nc2ccccc2)cc1. The quantitative estimate of drug-likeness (QED) is 0.463. The van der Waals surface area contributed by atoms with E-state index in [4.69, 9.17) is 17.0 Å². The molecule has 0 heterocycles. The minimum absolute atomic E-state index is 0.226. The van der Waals surface area contributed by atoms with Crippen molar-refractivity contribution in [2.75, 3.05) is 17.2 Å². The summed E-state index contributed by atoms with van der Waals surface area (Å²) in [6.45, 7) is 2.57. The molecule has 5 nitrogen and oxygen atoms in total. The highest BCUT2D eigenvalue weighted by Gasteiger charge is 2.13. The summed E-state index contributed by atoms with van der Waals surface area (Å²) in [5, 5.41) is 9.27. The summed E-state index contributed by atoms with van der Waals surface area (Å²) in [6, 6.07) is 24.7. The average Bonchev–Trinajstić information content (AvgIpc) is 2.74. The summed E-state index contributed by atoms with van der Waals surface area (Å²) in [5.74, 6) is 0.238. The lowest BCUT2D eigenvalue weighted by Crippen LogP contribution is -2.34. The number of anilines is 3. The fourth-order valence-electron chi connectivity index (χ4n) is 2.65. The van der Waals surface area contributed by atoms with Crippen molar-refractivity contribution in [3.8, 4) is 5.75 Å². The highest BCUT2D eigenvalue weighted by atomic mass is 32.1. The van der Waals surface area contributed by atoms with Gasteiger partial charge in [-0.25, -0.2) is 0 Å². The minimum atomic E-state index is -0.309. The number of carbonyl (C=O) groups excluding carboxylic acids is 1. The van der Waals surface area contributed by atoms with Crippen molar-refractivity contribution in [3.05, 3.63) is 84.4 Å². The van der Waals surface area contributed by atoms with Gasteiger partial charge in [0.05, 0.1) is 12.2 Å². The molecule has 0 aliphatic carbocycles. The van der Waals surface area contributed by atoms with E-state index in [2.05, 4.69) is 16.0 Å². The molecular formula is C23H23N3O2S. The van der Waals surface area contributed by atoms with Crippen LogP contribution in [0.3, 0.4) is 0 Å². The van der Waals surface area contributed by atoms with Crippen LogP contribution >= 0.6 is 12.2 Å². The molecule has 0 aromatic heterocycles. The summed E-state index contributed by atoms with van der Waals surface area (Å²) in [6.07, 6.45) is 0.866. The monoisotopic (exact) mass is 405 g/mol. The number of hydrogen-bond acceptors (Lipinski definition) is 4. The Morgan fingerprint density at radius 1 is 0.862 bits per heavy atom. The van der Waals surface area contributed by atoms with Gasteiger partial charge >= 0.3 is 0 Å². The van der Waals surface area contributed by atoms with Crippen LogP contribution < -0.4 is 20.7 Å². The second kappa shape index (κ2) is 10.2. The number of nitrogens with one attached hydrogen (secondary N) is 3. The molecule has 0 bridgehead atoms. The molecule has 148 valence electrons. The molecule has 0 aliphatic rings. The summed E-state index contributed by atoms with van der Waals surface area (Å²) < 4.78 is 5.64. The zero-order valence-electron chi connectivity index (χ0n) is 16.1. The molecule has 3 aromatic carbocycles. The fraction of sp³-hybridized carbons (Fsp3) is 0.130. The Bertz CT molecular complexity index is 959. The van der Waals surface area contributed by atoms with Crippen molar-refractivity contribution in [2.45, 2.75) is 13.3 Å². The number of carbonyl (C=O) groups is 1. The number of thiocarbonyl (C=S) groups is 1. The maximum Gasteiger partial charge on any atom is 0.261 e. The number of para-hydroxylation sites is 2. The molecule has 0 unspecified atom stereocenters. The Kier molecular flexibility index (Phi) is 7.19. The van der Waals surface area contributed by atoms with E-state index in [0.29, 0.717) is 17.9 Å². The number of rotatable bonds is 7. The Hall–Kier alpha value is -3.38. The number of hydrogen-bond donors (Lipinski definition) is 3. The fourth-order valence-corrected chi connectivity index (χ4v) is 2.86. The molecule has 0 saturated heterocycles. The Labute approximate surface area is 176 Å². The van der Waals surface area contributed by atoms with Gasteiger partial charge in [-0.05, 0) is 67.2 Å². The summed E-state index contributed by atoms with van der Waals surface area (Å²) >= 11 is 5.28. The topological polar surface area (TPSA) is 62.4 Å². The van der Waals surface area contributed by atoms with Gasteiger partial charge in [-0.2, -0.15) is 0 Å². The first kappa shape index (κ1) is 20.4. The van der Waals surface area contributed by atoms with Gasteiger partial charge < -0.3 is 15.4 Å². The van der Waals surface area contributed by atoms with Crippen LogP contribution in [0.15, 0.2) is 78.9 Å². The molecule has 3 aromatic rings. The van der Waals surface area contributed by atoms with Crippen LogP contribution in [0.4, 0.5) is 17.1 Å². The molecule has 0 saturated carbocycles. The maximum atomic E-state index is 12.6. The van der Waals surface area contributed by atoms with Gasteiger partial charge in [0.25, 0.3) is 5.91 Å². The van der Waals surface area contributed by atoms with E-state index >= 15 is 0 Å². The Morgan fingerprint density at radius 3 is 2.21 bits per heavy atom. The summed E-state index contributed by atoms with van der Waals surface area (Å²) in [5.41, 5.74) is 3.20. The molecular weight excluding hydrogens is 382 g/mol. The first-order valence-corrected chi connectivity index (χ1v) is 9.83. The summed E-state index contributed by atoms with van der Waals surface area (Å²) in [4.78, 5) is 12.6. The van der Waals surface area contributed by atoms with Crippen LogP contribution in [0.1, 0.15) is 23.7 Å². The molecule has 0 atom stereocenters. The molecule has 3 N–H and O–H groups in total. The van der Waals surface area contributed by atoms with E-state index in [0.717, 1.165) is 23.5 Å². The number of amides is 1. The lowest BCUT2D eigenvalue weighted by atomic mass is 10.2. The van der Waals surface area contributed by atoms with Crippen LogP contribution in [0.5, 0.6) is 5.75 Å². The normalized spacial score (nSPS) is 10.1. The summed E-state index contributed by atoms with van der Waals surface area (Å²) in [7, 11) is 0. The van der Waals surface area contributed by atoms with Crippen molar-refractivity contribution in [3.63, 3.8) is 0 Å². The van der Waals surface area contributed by atoms with Gasteiger partial charge in [0.15, 0.2) is 5.11 Å². The highest BCUT2D eigenvalue weighted by molar-refractivity contribution is 7.80. The number of benzene rings is 3. The predicted molar refractivity (Wildman–Crippen MR) is 122 cm³/mol. The first-order chi connectivity index (χ1) is 14.2. The van der Waals surface area contributed by atoms with E-state index in [1.165, 1.54) is 0 Å². The van der Waals surface area contributed by atoms with Crippen molar-refractivity contribution in [2.24, 2.45) is 0 Å². The van der Waals surface area contributed by atoms with Gasteiger partial charge in [-0.3, -0.25) is 10.1 Å².